The van der Waals surface area contributed by atoms with Gasteiger partial charge in [-0.3, -0.25) is 0 Å². The monoisotopic (exact) mass is 599 g/mol. The second-order valence-corrected chi connectivity index (χ2v) is 11.4. The molecule has 0 N–H and O–H groups in total. The largest absolute Gasteiger partial charge is 0.489 e. The zero-order chi connectivity index (χ0) is 30.7. The summed E-state index contributed by atoms with van der Waals surface area (Å²) in [4.78, 5) is 2.15. The first-order valence-corrected chi connectivity index (χ1v) is 15.0. The van der Waals surface area contributed by atoms with Crippen LogP contribution in [0.2, 0.25) is 0 Å². The van der Waals surface area contributed by atoms with E-state index in [1.165, 1.54) is 12.1 Å². The molecule has 1 saturated heterocycles. The maximum Gasteiger partial charge on any atom is 0.278 e. The topological polar surface area (TPSA) is 30.9 Å². The van der Waals surface area contributed by atoms with Gasteiger partial charge in [-0.2, -0.15) is 0 Å². The highest BCUT2D eigenvalue weighted by molar-refractivity contribution is 6.01. The number of ether oxygens (including phenoxy) is 3. The molecule has 228 valence electrons. The van der Waals surface area contributed by atoms with Gasteiger partial charge in [0, 0.05) is 56.5 Å². The second-order valence-electron chi connectivity index (χ2n) is 11.4. The van der Waals surface area contributed by atoms with Gasteiger partial charge in [0.05, 0.1) is 0 Å². The number of halogens is 3. The standard InChI is InChI=1S/C37H36F3NO3/c1-42-36(43-2)27-17-19-41(20-18-27)28-13-15-31(34(38)21-28)35-30-16-14-29(44-24-25-9-5-3-6-10-25)22-33(30)37(39,40)23-32(35)26-11-7-4-8-12-26/h3-16,21-22,27,36H,17-20,23-24H2,1-2H3. The molecule has 0 unspecified atom stereocenters. The molecule has 0 aromatic heterocycles. The molecule has 0 bridgehead atoms. The molecule has 4 aromatic rings. The van der Waals surface area contributed by atoms with E-state index in [1.54, 1.807) is 44.6 Å². The molecule has 1 aliphatic heterocycles. The highest BCUT2D eigenvalue weighted by Crippen LogP contribution is 2.51. The normalized spacial score (nSPS) is 16.7. The van der Waals surface area contributed by atoms with Gasteiger partial charge in [0.2, 0.25) is 0 Å². The third-order valence-electron chi connectivity index (χ3n) is 8.70. The third-order valence-corrected chi connectivity index (χ3v) is 8.70. The Morgan fingerprint density at radius 3 is 2.14 bits per heavy atom. The summed E-state index contributed by atoms with van der Waals surface area (Å²) in [5.41, 5.74) is 3.70. The minimum Gasteiger partial charge on any atom is -0.489 e. The number of nitrogens with zero attached hydrogens (tertiary/aromatic N) is 1. The number of anilines is 1. The van der Waals surface area contributed by atoms with Crippen molar-refractivity contribution in [2.24, 2.45) is 5.92 Å². The highest BCUT2D eigenvalue weighted by Gasteiger charge is 2.42. The maximum absolute atomic E-state index is 16.2. The molecule has 1 heterocycles. The highest BCUT2D eigenvalue weighted by atomic mass is 19.3. The van der Waals surface area contributed by atoms with Crippen LogP contribution >= 0.6 is 0 Å². The number of allylic oxidation sites excluding steroid dienone is 1. The molecule has 0 amide bonds. The predicted molar refractivity (Wildman–Crippen MR) is 167 cm³/mol. The van der Waals surface area contributed by atoms with Gasteiger partial charge in [0.25, 0.3) is 5.92 Å². The van der Waals surface area contributed by atoms with Crippen LogP contribution in [0.4, 0.5) is 18.9 Å². The number of fused-ring (bicyclic) bond motifs is 1. The van der Waals surface area contributed by atoms with E-state index in [-0.39, 0.29) is 24.4 Å². The number of hydrogen-bond donors (Lipinski definition) is 0. The molecule has 7 heteroatoms. The Bertz CT molecular complexity index is 1610. The lowest BCUT2D eigenvalue weighted by Gasteiger charge is -2.36. The number of piperidine rings is 1. The Morgan fingerprint density at radius 2 is 1.48 bits per heavy atom. The third kappa shape index (κ3) is 6.12. The van der Waals surface area contributed by atoms with Crippen molar-refractivity contribution in [3.63, 3.8) is 0 Å². The van der Waals surface area contributed by atoms with Crippen LogP contribution in [-0.2, 0) is 22.0 Å². The fourth-order valence-electron chi connectivity index (χ4n) is 6.45. The van der Waals surface area contributed by atoms with Crippen molar-refractivity contribution >= 4 is 16.8 Å². The molecule has 44 heavy (non-hydrogen) atoms. The van der Waals surface area contributed by atoms with E-state index in [0.717, 1.165) is 37.2 Å². The van der Waals surface area contributed by atoms with Crippen molar-refractivity contribution in [3.05, 3.63) is 131 Å². The van der Waals surface area contributed by atoms with E-state index in [0.29, 0.717) is 33.6 Å². The van der Waals surface area contributed by atoms with Gasteiger partial charge in [-0.05, 0) is 71.0 Å². The van der Waals surface area contributed by atoms with Gasteiger partial charge in [-0.25, -0.2) is 13.2 Å². The molecule has 0 saturated carbocycles. The molecule has 0 atom stereocenters. The zero-order valence-corrected chi connectivity index (χ0v) is 24.9. The number of rotatable bonds is 9. The molecule has 2 aliphatic rings. The van der Waals surface area contributed by atoms with Gasteiger partial charge in [0.1, 0.15) is 18.2 Å². The Hall–Kier alpha value is -4.07. The van der Waals surface area contributed by atoms with E-state index in [2.05, 4.69) is 4.90 Å². The van der Waals surface area contributed by atoms with Crippen LogP contribution in [0.15, 0.2) is 97.1 Å². The number of benzene rings is 4. The van der Waals surface area contributed by atoms with Crippen LogP contribution in [-0.4, -0.2) is 33.6 Å². The Morgan fingerprint density at radius 1 is 0.818 bits per heavy atom. The van der Waals surface area contributed by atoms with Gasteiger partial charge in [-0.1, -0.05) is 66.7 Å². The van der Waals surface area contributed by atoms with Crippen LogP contribution in [0.1, 0.15) is 47.1 Å². The first-order chi connectivity index (χ1) is 21.4. The summed E-state index contributed by atoms with van der Waals surface area (Å²) in [7, 11) is 3.29. The molecule has 4 nitrogen and oxygen atoms in total. The van der Waals surface area contributed by atoms with E-state index in [9.17, 15) is 0 Å². The van der Waals surface area contributed by atoms with E-state index in [4.69, 9.17) is 14.2 Å². The molecule has 6 rings (SSSR count). The summed E-state index contributed by atoms with van der Waals surface area (Å²) in [5, 5.41) is 0. The van der Waals surface area contributed by atoms with Crippen molar-refractivity contribution < 1.29 is 27.4 Å². The van der Waals surface area contributed by atoms with E-state index >= 15 is 13.2 Å². The fraction of sp³-hybridized carbons (Fsp3) is 0.297. The van der Waals surface area contributed by atoms with Gasteiger partial charge in [-0.15, -0.1) is 0 Å². The average Bonchev–Trinajstić information content (AvgIpc) is 3.06. The van der Waals surface area contributed by atoms with Crippen molar-refractivity contribution in [3.8, 4) is 5.75 Å². The Labute approximate surface area is 256 Å². The van der Waals surface area contributed by atoms with Crippen LogP contribution in [0, 0.1) is 11.7 Å². The SMILES string of the molecule is COC(OC)C1CCN(c2ccc(C3=C(c4ccccc4)CC(F)(F)c4cc(OCc5ccccc5)ccc43)c(F)c2)CC1. The molecular formula is C37H36F3NO3. The number of methoxy groups -OCH3 is 2. The summed E-state index contributed by atoms with van der Waals surface area (Å²) in [6, 6.07) is 28.5. The molecule has 4 aromatic carbocycles. The fourth-order valence-corrected chi connectivity index (χ4v) is 6.45. The van der Waals surface area contributed by atoms with Gasteiger partial charge in [0.15, 0.2) is 6.29 Å². The Balaban J connectivity index is 1.36. The van der Waals surface area contributed by atoms with Crippen molar-refractivity contribution in [1.29, 1.82) is 0 Å². The minimum absolute atomic E-state index is 0.158. The van der Waals surface area contributed by atoms with Crippen molar-refractivity contribution in [2.75, 3.05) is 32.2 Å². The number of alkyl halides is 2. The molecule has 0 radical (unpaired) electrons. The quantitative estimate of drug-likeness (QED) is 0.180. The summed E-state index contributed by atoms with van der Waals surface area (Å²) in [5.74, 6) is -3.00. The lowest BCUT2D eigenvalue weighted by Crippen LogP contribution is -2.39. The molecule has 1 aliphatic carbocycles. The zero-order valence-electron chi connectivity index (χ0n) is 24.9. The lowest BCUT2D eigenvalue weighted by atomic mass is 9.77. The van der Waals surface area contributed by atoms with E-state index < -0.39 is 18.2 Å². The van der Waals surface area contributed by atoms with Crippen molar-refractivity contribution in [2.45, 2.75) is 38.1 Å². The average molecular weight is 600 g/mol. The van der Waals surface area contributed by atoms with Crippen LogP contribution < -0.4 is 9.64 Å². The molecule has 0 spiro atoms. The van der Waals surface area contributed by atoms with Crippen LogP contribution in [0.25, 0.3) is 11.1 Å². The van der Waals surface area contributed by atoms with Crippen LogP contribution in [0.3, 0.4) is 0 Å². The first kappa shape index (κ1) is 30.0. The van der Waals surface area contributed by atoms with Crippen LogP contribution in [0.5, 0.6) is 5.75 Å². The van der Waals surface area contributed by atoms with E-state index in [1.807, 2.05) is 54.6 Å². The minimum atomic E-state index is -3.17. The summed E-state index contributed by atoms with van der Waals surface area (Å²) in [6.07, 6.45) is 0.913. The van der Waals surface area contributed by atoms with Crippen molar-refractivity contribution in [1.82, 2.24) is 0 Å². The Kier molecular flexibility index (Phi) is 8.78. The lowest BCUT2D eigenvalue weighted by molar-refractivity contribution is -0.141. The molecular weight excluding hydrogens is 563 g/mol. The first-order valence-electron chi connectivity index (χ1n) is 15.0. The maximum atomic E-state index is 16.2. The number of hydrogen-bond acceptors (Lipinski definition) is 4. The summed E-state index contributed by atoms with van der Waals surface area (Å²) >= 11 is 0. The smallest absolute Gasteiger partial charge is 0.278 e. The molecule has 1 fully saturated rings. The predicted octanol–water partition coefficient (Wildman–Crippen LogP) is 8.69. The summed E-state index contributed by atoms with van der Waals surface area (Å²) in [6.45, 7) is 1.74. The van der Waals surface area contributed by atoms with Gasteiger partial charge >= 0.3 is 0 Å². The summed E-state index contributed by atoms with van der Waals surface area (Å²) < 4.78 is 64.8. The van der Waals surface area contributed by atoms with Gasteiger partial charge < -0.3 is 19.1 Å². The second kappa shape index (κ2) is 12.9.